The van der Waals surface area contributed by atoms with E-state index in [0.29, 0.717) is 29.4 Å². The number of pyridine rings is 1. The normalized spacial score (nSPS) is 11.5. The molecule has 0 spiro atoms. The van der Waals surface area contributed by atoms with E-state index >= 15 is 0 Å². The van der Waals surface area contributed by atoms with Crippen LogP contribution in [0.1, 0.15) is 18.9 Å². The predicted molar refractivity (Wildman–Crippen MR) is 134 cm³/mol. The van der Waals surface area contributed by atoms with Crippen LogP contribution in [0.5, 0.6) is 0 Å². The largest absolute Gasteiger partial charge is 0.481 e. The van der Waals surface area contributed by atoms with Crippen LogP contribution in [0.4, 0.5) is 14.5 Å². The van der Waals surface area contributed by atoms with Gasteiger partial charge in [-0.2, -0.15) is 5.10 Å². The molecule has 0 aliphatic carbocycles. The number of rotatable bonds is 9. The van der Waals surface area contributed by atoms with Crippen LogP contribution in [-0.2, 0) is 21.4 Å². The van der Waals surface area contributed by atoms with Crippen molar-refractivity contribution >= 4 is 21.7 Å². The van der Waals surface area contributed by atoms with Gasteiger partial charge in [0.15, 0.2) is 0 Å². The Hall–Kier alpha value is -4.12. The molecule has 0 unspecified atom stereocenters. The summed E-state index contributed by atoms with van der Waals surface area (Å²) in [5, 5.41) is 13.9. The number of hydrogen-bond donors (Lipinski definition) is 1. The Kier molecular flexibility index (Phi) is 7.35. The zero-order valence-electron chi connectivity index (χ0n) is 20.1. The van der Waals surface area contributed by atoms with Gasteiger partial charge >= 0.3 is 5.97 Å². The quantitative estimate of drug-likeness (QED) is 0.333. The van der Waals surface area contributed by atoms with E-state index in [9.17, 15) is 27.1 Å². The molecule has 4 rings (SSSR count). The molecule has 4 aromatic rings. The summed E-state index contributed by atoms with van der Waals surface area (Å²) in [5.41, 5.74) is 3.44. The SMILES string of the molecule is CCn1cc(-c2ccncc2)c(-c2cccc(N(CCC(=O)O)S(=O)(=O)c3cc(F)ccc3F)c2C)n1. The highest BCUT2D eigenvalue weighted by atomic mass is 32.2. The summed E-state index contributed by atoms with van der Waals surface area (Å²) >= 11 is 0. The number of carboxylic acids is 1. The summed E-state index contributed by atoms with van der Waals surface area (Å²) in [5.74, 6) is -3.32. The molecular weight excluding hydrogens is 502 g/mol. The van der Waals surface area contributed by atoms with Crippen molar-refractivity contribution in [1.82, 2.24) is 14.8 Å². The lowest BCUT2D eigenvalue weighted by Gasteiger charge is -2.26. The number of aliphatic carboxylic acids is 1. The second kappa shape index (κ2) is 10.5. The number of hydrogen-bond acceptors (Lipinski definition) is 5. The van der Waals surface area contributed by atoms with E-state index in [1.165, 1.54) is 6.07 Å². The third kappa shape index (κ3) is 5.21. The molecule has 0 atom stereocenters. The van der Waals surface area contributed by atoms with Gasteiger partial charge in [-0.1, -0.05) is 12.1 Å². The Bertz CT molecular complexity index is 1560. The number of anilines is 1. The summed E-state index contributed by atoms with van der Waals surface area (Å²) in [6, 6.07) is 10.7. The van der Waals surface area contributed by atoms with Crippen LogP contribution in [0, 0.1) is 18.6 Å². The highest BCUT2D eigenvalue weighted by Gasteiger charge is 2.31. The van der Waals surface area contributed by atoms with Crippen LogP contribution in [0.2, 0.25) is 0 Å². The van der Waals surface area contributed by atoms with Gasteiger partial charge in [0.2, 0.25) is 0 Å². The van der Waals surface area contributed by atoms with Gasteiger partial charge in [-0.15, -0.1) is 0 Å². The fourth-order valence-corrected chi connectivity index (χ4v) is 5.64. The first-order valence-corrected chi connectivity index (χ1v) is 12.8. The molecule has 0 bridgehead atoms. The van der Waals surface area contributed by atoms with Crippen molar-refractivity contribution in [3.05, 3.63) is 84.3 Å². The third-order valence-corrected chi connectivity index (χ3v) is 7.72. The number of halogens is 2. The zero-order valence-corrected chi connectivity index (χ0v) is 20.9. The molecule has 1 N–H and O–H groups in total. The minimum absolute atomic E-state index is 0.133. The van der Waals surface area contributed by atoms with Gasteiger partial charge in [-0.25, -0.2) is 17.2 Å². The summed E-state index contributed by atoms with van der Waals surface area (Å²) in [6.45, 7) is 3.72. The molecule has 2 aromatic carbocycles. The molecule has 0 saturated heterocycles. The van der Waals surface area contributed by atoms with Gasteiger partial charge in [0.25, 0.3) is 10.0 Å². The van der Waals surface area contributed by atoms with Gasteiger partial charge in [0, 0.05) is 42.8 Å². The predicted octanol–water partition coefficient (Wildman–Crippen LogP) is 4.89. The van der Waals surface area contributed by atoms with Crippen LogP contribution in [0.3, 0.4) is 0 Å². The second-order valence-corrected chi connectivity index (χ2v) is 10.1. The van der Waals surface area contributed by atoms with E-state index in [-0.39, 0.29) is 5.69 Å². The monoisotopic (exact) mass is 526 g/mol. The highest BCUT2D eigenvalue weighted by Crippen LogP contribution is 2.38. The van der Waals surface area contributed by atoms with Crippen LogP contribution in [0.15, 0.2) is 72.0 Å². The maximum atomic E-state index is 14.6. The zero-order chi connectivity index (χ0) is 26.7. The number of nitrogens with zero attached hydrogens (tertiary/aromatic N) is 4. The molecule has 2 heterocycles. The minimum Gasteiger partial charge on any atom is -0.481 e. The Morgan fingerprint density at radius 2 is 1.81 bits per heavy atom. The smallest absolute Gasteiger partial charge is 0.305 e. The molecule has 0 aliphatic rings. The van der Waals surface area contributed by atoms with E-state index in [1.807, 2.05) is 25.3 Å². The van der Waals surface area contributed by atoms with E-state index in [2.05, 4.69) is 10.1 Å². The number of aryl methyl sites for hydroxylation is 1. The third-order valence-electron chi connectivity index (χ3n) is 5.90. The number of carbonyl (C=O) groups is 1. The number of aromatic nitrogens is 3. The number of sulfonamides is 1. The molecule has 0 aliphatic heterocycles. The molecule has 0 fully saturated rings. The number of benzene rings is 2. The lowest BCUT2D eigenvalue weighted by molar-refractivity contribution is -0.136. The van der Waals surface area contributed by atoms with Gasteiger partial charge in [-0.3, -0.25) is 18.8 Å². The van der Waals surface area contributed by atoms with Crippen LogP contribution in [-0.4, -0.2) is 40.8 Å². The van der Waals surface area contributed by atoms with Gasteiger partial charge < -0.3 is 5.11 Å². The van der Waals surface area contributed by atoms with Crippen molar-refractivity contribution in [2.24, 2.45) is 0 Å². The maximum absolute atomic E-state index is 14.6. The summed E-state index contributed by atoms with van der Waals surface area (Å²) in [7, 11) is -4.67. The van der Waals surface area contributed by atoms with Crippen molar-refractivity contribution in [2.45, 2.75) is 31.7 Å². The Morgan fingerprint density at radius 3 is 2.49 bits per heavy atom. The molecule has 0 amide bonds. The van der Waals surface area contributed by atoms with Crippen LogP contribution >= 0.6 is 0 Å². The maximum Gasteiger partial charge on any atom is 0.305 e. The van der Waals surface area contributed by atoms with Gasteiger partial charge in [-0.05, 0) is 61.4 Å². The second-order valence-electron chi connectivity index (χ2n) is 8.23. The van der Waals surface area contributed by atoms with E-state index < -0.39 is 45.5 Å². The summed E-state index contributed by atoms with van der Waals surface area (Å²) < 4.78 is 58.1. The Morgan fingerprint density at radius 1 is 1.08 bits per heavy atom. The average Bonchev–Trinajstić information content (AvgIpc) is 3.31. The average molecular weight is 527 g/mol. The molecule has 37 heavy (non-hydrogen) atoms. The minimum atomic E-state index is -4.67. The highest BCUT2D eigenvalue weighted by molar-refractivity contribution is 7.92. The first-order chi connectivity index (χ1) is 17.6. The van der Waals surface area contributed by atoms with Crippen molar-refractivity contribution < 1.29 is 27.1 Å². The fraction of sp³-hybridized carbons (Fsp3) is 0.192. The first-order valence-electron chi connectivity index (χ1n) is 11.4. The standard InChI is InChI=1S/C26H24F2N4O4S/c1-3-31-16-21(18-9-12-29-13-10-18)26(30-31)20-5-4-6-23(17(20)2)32(14-11-25(33)34)37(35,36)24-15-19(27)7-8-22(24)28/h4-10,12-13,15-16H,3,11,14H2,1-2H3,(H,33,34). The van der Waals surface area contributed by atoms with Crippen LogP contribution < -0.4 is 4.31 Å². The van der Waals surface area contributed by atoms with E-state index in [4.69, 9.17) is 0 Å². The fourth-order valence-electron chi connectivity index (χ4n) is 4.04. The van der Waals surface area contributed by atoms with Crippen molar-refractivity contribution in [2.75, 3.05) is 10.8 Å². The Labute approximate surface area is 212 Å². The van der Waals surface area contributed by atoms with Crippen molar-refractivity contribution in [3.8, 4) is 22.4 Å². The summed E-state index contributed by atoms with van der Waals surface area (Å²) in [6.07, 6.45) is 4.63. The number of carboxylic acid groups (broad SMARTS) is 1. The lowest BCUT2D eigenvalue weighted by Crippen LogP contribution is -2.34. The molecule has 11 heteroatoms. The molecule has 8 nitrogen and oxygen atoms in total. The van der Waals surface area contributed by atoms with Crippen LogP contribution in [0.25, 0.3) is 22.4 Å². The van der Waals surface area contributed by atoms with Crippen molar-refractivity contribution in [1.29, 1.82) is 0 Å². The van der Waals surface area contributed by atoms with Crippen molar-refractivity contribution in [3.63, 3.8) is 0 Å². The summed E-state index contributed by atoms with van der Waals surface area (Å²) in [4.78, 5) is 14.5. The molecule has 0 radical (unpaired) electrons. The van der Waals surface area contributed by atoms with E-state index in [1.54, 1.807) is 36.1 Å². The molecular formula is C26H24F2N4O4S. The first kappa shape index (κ1) is 26.0. The molecule has 2 aromatic heterocycles. The molecule has 192 valence electrons. The topological polar surface area (TPSA) is 105 Å². The van der Waals surface area contributed by atoms with E-state index in [0.717, 1.165) is 27.6 Å². The lowest BCUT2D eigenvalue weighted by atomic mass is 9.98. The van der Waals surface area contributed by atoms with Gasteiger partial charge in [0.05, 0.1) is 12.1 Å². The Balaban J connectivity index is 1.90. The van der Waals surface area contributed by atoms with Gasteiger partial charge in [0.1, 0.15) is 22.2 Å². The molecule has 0 saturated carbocycles.